The minimum atomic E-state index is -0.793. The summed E-state index contributed by atoms with van der Waals surface area (Å²) in [5.41, 5.74) is 2.87. The van der Waals surface area contributed by atoms with Crippen LogP contribution in [-0.2, 0) is 22.5 Å². The van der Waals surface area contributed by atoms with E-state index in [-0.39, 0.29) is 24.2 Å². The Bertz CT molecular complexity index is 1110. The van der Waals surface area contributed by atoms with E-state index in [0.29, 0.717) is 24.2 Å². The maximum absolute atomic E-state index is 12.4. The summed E-state index contributed by atoms with van der Waals surface area (Å²) in [7, 11) is 0. The van der Waals surface area contributed by atoms with E-state index in [9.17, 15) is 14.4 Å². The van der Waals surface area contributed by atoms with Gasteiger partial charge < -0.3 is 20.1 Å². The molecule has 7 nitrogen and oxygen atoms in total. The average molecular weight is 511 g/mol. The highest BCUT2D eigenvalue weighted by Gasteiger charge is 2.10. The van der Waals surface area contributed by atoms with Crippen LogP contribution in [0.4, 0.5) is 10.5 Å². The fourth-order valence-electron chi connectivity index (χ4n) is 2.90. The molecule has 33 heavy (non-hydrogen) atoms. The van der Waals surface area contributed by atoms with Crippen molar-refractivity contribution in [1.82, 2.24) is 5.32 Å². The Morgan fingerprint density at radius 1 is 0.909 bits per heavy atom. The van der Waals surface area contributed by atoms with E-state index in [2.05, 4.69) is 26.6 Å². The van der Waals surface area contributed by atoms with Gasteiger partial charge in [-0.3, -0.25) is 9.59 Å². The van der Waals surface area contributed by atoms with Gasteiger partial charge in [0, 0.05) is 22.3 Å². The molecule has 0 spiro atoms. The van der Waals surface area contributed by atoms with Crippen molar-refractivity contribution in [3.8, 4) is 5.75 Å². The molecule has 0 saturated heterocycles. The van der Waals surface area contributed by atoms with E-state index in [1.165, 1.54) is 12.1 Å². The molecule has 0 unspecified atom stereocenters. The lowest BCUT2D eigenvalue weighted by atomic mass is 10.1. The minimum absolute atomic E-state index is 0.0744. The summed E-state index contributed by atoms with van der Waals surface area (Å²) in [6, 6.07) is 21.0. The van der Waals surface area contributed by atoms with Crippen molar-refractivity contribution in [2.75, 3.05) is 11.9 Å². The number of rotatable bonds is 8. The number of halogens is 1. The second-order valence-corrected chi connectivity index (χ2v) is 7.86. The standard InChI is InChI=1S/C25H23BrN2O5/c1-2-32-25(31)33-21-13-9-18(10-14-21)24(30)28-20-11-7-17(8-12-20)16-27-23(29)15-19-5-3-4-6-22(19)26/h3-14H,2,15-16H2,1H3,(H,27,29)(H,28,30). The van der Waals surface area contributed by atoms with Gasteiger partial charge in [-0.05, 0) is 60.5 Å². The number of carbonyl (C=O) groups is 3. The summed E-state index contributed by atoms with van der Waals surface area (Å²) in [6.07, 6.45) is -0.502. The highest BCUT2D eigenvalue weighted by molar-refractivity contribution is 9.10. The summed E-state index contributed by atoms with van der Waals surface area (Å²) < 4.78 is 10.6. The van der Waals surface area contributed by atoms with Crippen LogP contribution in [0.1, 0.15) is 28.4 Å². The lowest BCUT2D eigenvalue weighted by Gasteiger charge is -2.09. The highest BCUT2D eigenvalue weighted by atomic mass is 79.9. The minimum Gasteiger partial charge on any atom is -0.434 e. The van der Waals surface area contributed by atoms with E-state index in [0.717, 1.165) is 15.6 Å². The number of hydrogen-bond acceptors (Lipinski definition) is 5. The Morgan fingerprint density at radius 3 is 2.27 bits per heavy atom. The average Bonchev–Trinajstić information content (AvgIpc) is 2.81. The topological polar surface area (TPSA) is 93.7 Å². The zero-order valence-electron chi connectivity index (χ0n) is 18.0. The van der Waals surface area contributed by atoms with Gasteiger partial charge in [-0.2, -0.15) is 0 Å². The van der Waals surface area contributed by atoms with Crippen LogP contribution in [0.5, 0.6) is 5.75 Å². The lowest BCUT2D eigenvalue weighted by Crippen LogP contribution is -2.24. The normalized spacial score (nSPS) is 10.2. The molecule has 0 bridgehead atoms. The van der Waals surface area contributed by atoms with Gasteiger partial charge in [-0.1, -0.05) is 46.3 Å². The van der Waals surface area contributed by atoms with Gasteiger partial charge in [0.2, 0.25) is 5.91 Å². The van der Waals surface area contributed by atoms with E-state index in [1.807, 2.05) is 36.4 Å². The van der Waals surface area contributed by atoms with Gasteiger partial charge in [0.1, 0.15) is 5.75 Å². The molecular weight excluding hydrogens is 488 g/mol. The van der Waals surface area contributed by atoms with E-state index >= 15 is 0 Å². The first kappa shape index (κ1) is 24.0. The van der Waals surface area contributed by atoms with Crippen LogP contribution in [0, 0.1) is 0 Å². The Balaban J connectivity index is 1.48. The first-order valence-corrected chi connectivity index (χ1v) is 11.1. The largest absolute Gasteiger partial charge is 0.513 e. The molecule has 170 valence electrons. The summed E-state index contributed by atoms with van der Waals surface area (Å²) >= 11 is 3.44. The van der Waals surface area contributed by atoms with Crippen molar-refractivity contribution >= 4 is 39.6 Å². The molecule has 0 radical (unpaired) electrons. The predicted molar refractivity (Wildman–Crippen MR) is 128 cm³/mol. The van der Waals surface area contributed by atoms with Crippen LogP contribution in [0.3, 0.4) is 0 Å². The molecule has 3 aromatic rings. The maximum Gasteiger partial charge on any atom is 0.513 e. The van der Waals surface area contributed by atoms with Gasteiger partial charge in [-0.15, -0.1) is 0 Å². The maximum atomic E-state index is 12.4. The Kier molecular flexibility index (Phi) is 8.60. The summed E-state index contributed by atoms with van der Waals surface area (Å²) in [5.74, 6) is -0.0853. The number of carbonyl (C=O) groups excluding carboxylic acids is 3. The van der Waals surface area contributed by atoms with Crippen molar-refractivity contribution in [3.05, 3.63) is 94.0 Å². The molecule has 0 fully saturated rings. The van der Waals surface area contributed by atoms with E-state index < -0.39 is 6.16 Å². The fourth-order valence-corrected chi connectivity index (χ4v) is 3.33. The molecule has 3 aromatic carbocycles. The highest BCUT2D eigenvalue weighted by Crippen LogP contribution is 2.17. The van der Waals surface area contributed by atoms with Crippen LogP contribution in [0.15, 0.2) is 77.3 Å². The van der Waals surface area contributed by atoms with Crippen molar-refractivity contribution in [2.24, 2.45) is 0 Å². The number of anilines is 1. The molecule has 0 aliphatic rings. The smallest absolute Gasteiger partial charge is 0.434 e. The molecule has 8 heteroatoms. The second kappa shape index (κ2) is 11.8. The molecule has 0 saturated carbocycles. The molecule has 2 amide bonds. The number of ether oxygens (including phenoxy) is 2. The van der Waals surface area contributed by atoms with Gasteiger partial charge in [0.15, 0.2) is 0 Å². The molecule has 0 aliphatic carbocycles. The monoisotopic (exact) mass is 510 g/mol. The van der Waals surface area contributed by atoms with Crippen molar-refractivity contribution < 1.29 is 23.9 Å². The third kappa shape index (κ3) is 7.47. The third-order valence-corrected chi connectivity index (χ3v) is 5.36. The van der Waals surface area contributed by atoms with Crippen molar-refractivity contribution in [2.45, 2.75) is 19.9 Å². The van der Waals surface area contributed by atoms with Crippen molar-refractivity contribution in [3.63, 3.8) is 0 Å². The molecule has 3 rings (SSSR count). The quantitative estimate of drug-likeness (QED) is 0.325. The Morgan fingerprint density at radius 2 is 1.61 bits per heavy atom. The van der Waals surface area contributed by atoms with Crippen LogP contribution in [0.25, 0.3) is 0 Å². The Labute approximate surface area is 200 Å². The zero-order valence-corrected chi connectivity index (χ0v) is 19.6. The van der Waals surface area contributed by atoms with Gasteiger partial charge in [0.25, 0.3) is 5.91 Å². The molecule has 0 aromatic heterocycles. The molecule has 0 heterocycles. The number of amides is 2. The first-order chi connectivity index (χ1) is 15.9. The molecule has 0 aliphatic heterocycles. The Hall–Kier alpha value is -3.65. The third-order valence-electron chi connectivity index (χ3n) is 4.59. The zero-order chi connectivity index (χ0) is 23.6. The van der Waals surface area contributed by atoms with Crippen LogP contribution < -0.4 is 15.4 Å². The summed E-state index contributed by atoms with van der Waals surface area (Å²) in [6.45, 7) is 2.29. The summed E-state index contributed by atoms with van der Waals surface area (Å²) in [5, 5.41) is 5.70. The number of nitrogens with one attached hydrogen (secondary N) is 2. The SMILES string of the molecule is CCOC(=O)Oc1ccc(C(=O)Nc2ccc(CNC(=O)Cc3ccccc3Br)cc2)cc1. The molecule has 0 atom stereocenters. The first-order valence-electron chi connectivity index (χ1n) is 10.3. The number of hydrogen-bond donors (Lipinski definition) is 2. The van der Waals surface area contributed by atoms with Gasteiger partial charge >= 0.3 is 6.16 Å². The van der Waals surface area contributed by atoms with E-state index in [1.54, 1.807) is 31.2 Å². The van der Waals surface area contributed by atoms with Crippen molar-refractivity contribution in [1.29, 1.82) is 0 Å². The second-order valence-electron chi connectivity index (χ2n) is 7.01. The van der Waals surface area contributed by atoms with Crippen LogP contribution >= 0.6 is 15.9 Å². The lowest BCUT2D eigenvalue weighted by molar-refractivity contribution is -0.120. The molecule has 2 N–H and O–H groups in total. The van der Waals surface area contributed by atoms with Gasteiger partial charge in [0.05, 0.1) is 13.0 Å². The number of benzene rings is 3. The van der Waals surface area contributed by atoms with E-state index in [4.69, 9.17) is 9.47 Å². The fraction of sp³-hybridized carbons (Fsp3) is 0.160. The van der Waals surface area contributed by atoms with Crippen LogP contribution in [0.2, 0.25) is 0 Å². The summed E-state index contributed by atoms with van der Waals surface area (Å²) in [4.78, 5) is 36.0. The van der Waals surface area contributed by atoms with Gasteiger partial charge in [-0.25, -0.2) is 4.79 Å². The van der Waals surface area contributed by atoms with Crippen LogP contribution in [-0.4, -0.2) is 24.6 Å². The predicted octanol–water partition coefficient (Wildman–Crippen LogP) is 5.10. The molecular formula is C25H23BrN2O5.